The van der Waals surface area contributed by atoms with Gasteiger partial charge >= 0.3 is 0 Å². The number of carbonyl (C=O) groups excluding carboxylic acids is 1. The summed E-state index contributed by atoms with van der Waals surface area (Å²) in [5.74, 6) is -0.132. The molecule has 1 aromatic carbocycles. The molecule has 0 atom stereocenters. The van der Waals surface area contributed by atoms with Crippen LogP contribution in [-0.4, -0.2) is 30.6 Å². The Hall–Kier alpha value is -3.48. The minimum atomic E-state index is -0.132. The van der Waals surface area contributed by atoms with Crippen LogP contribution in [0.3, 0.4) is 0 Å². The molecule has 3 heterocycles. The van der Waals surface area contributed by atoms with Gasteiger partial charge < -0.3 is 10.3 Å². The highest BCUT2D eigenvalue weighted by Crippen LogP contribution is 2.16. The molecule has 0 saturated heterocycles. The van der Waals surface area contributed by atoms with Gasteiger partial charge in [0, 0.05) is 31.5 Å². The van der Waals surface area contributed by atoms with E-state index >= 15 is 0 Å². The molecular formula is C18H16N6O. The summed E-state index contributed by atoms with van der Waals surface area (Å²) in [6.07, 6.45) is 5.12. The topological polar surface area (TPSA) is 88.5 Å². The predicted octanol–water partition coefficient (Wildman–Crippen LogP) is 2.29. The largest absolute Gasteiger partial charge is 0.348 e. The molecule has 0 bridgehead atoms. The number of hydrogen-bond acceptors (Lipinski definition) is 4. The molecule has 3 aromatic heterocycles. The Labute approximate surface area is 143 Å². The first kappa shape index (κ1) is 15.1. The normalized spacial score (nSPS) is 10.9. The molecule has 7 nitrogen and oxygen atoms in total. The van der Waals surface area contributed by atoms with E-state index in [-0.39, 0.29) is 5.91 Å². The van der Waals surface area contributed by atoms with Gasteiger partial charge in [0.2, 0.25) is 0 Å². The molecule has 0 unspecified atom stereocenters. The number of imidazole rings is 1. The number of hydrogen-bond donors (Lipinski definition) is 2. The van der Waals surface area contributed by atoms with E-state index in [0.717, 1.165) is 28.0 Å². The third-order valence-electron chi connectivity index (χ3n) is 4.04. The number of rotatable bonds is 4. The fraction of sp³-hybridized carbons (Fsp3) is 0.111. The molecule has 0 aliphatic carbocycles. The Morgan fingerprint density at radius 1 is 1.20 bits per heavy atom. The summed E-state index contributed by atoms with van der Waals surface area (Å²) in [5, 5.41) is 7.05. The lowest BCUT2D eigenvalue weighted by Gasteiger charge is -2.07. The molecule has 0 saturated carbocycles. The van der Waals surface area contributed by atoms with Crippen molar-refractivity contribution in [3.63, 3.8) is 0 Å². The van der Waals surface area contributed by atoms with Crippen LogP contribution in [0.5, 0.6) is 0 Å². The second-order valence-electron chi connectivity index (χ2n) is 5.71. The summed E-state index contributed by atoms with van der Waals surface area (Å²) in [7, 11) is 1.88. The second-order valence-corrected chi connectivity index (χ2v) is 5.71. The zero-order valence-corrected chi connectivity index (χ0v) is 13.6. The molecule has 25 heavy (non-hydrogen) atoms. The van der Waals surface area contributed by atoms with Gasteiger partial charge in [0.25, 0.3) is 5.91 Å². The zero-order valence-electron chi connectivity index (χ0n) is 13.6. The van der Waals surface area contributed by atoms with Crippen LogP contribution < -0.4 is 5.32 Å². The van der Waals surface area contributed by atoms with Gasteiger partial charge in [-0.15, -0.1) is 0 Å². The van der Waals surface area contributed by atoms with Crippen molar-refractivity contribution in [3.8, 4) is 11.4 Å². The summed E-state index contributed by atoms with van der Waals surface area (Å²) in [4.78, 5) is 23.9. The molecule has 7 heteroatoms. The van der Waals surface area contributed by atoms with E-state index in [1.54, 1.807) is 35.5 Å². The average molecular weight is 332 g/mol. The fourth-order valence-corrected chi connectivity index (χ4v) is 2.67. The highest BCUT2D eigenvalue weighted by atomic mass is 16.1. The Morgan fingerprint density at radius 3 is 2.88 bits per heavy atom. The molecule has 1 amide bonds. The van der Waals surface area contributed by atoms with Crippen molar-refractivity contribution in [2.75, 3.05) is 0 Å². The maximum Gasteiger partial charge on any atom is 0.251 e. The number of nitrogens with zero attached hydrogens (tertiary/aromatic N) is 4. The maximum atomic E-state index is 12.3. The highest BCUT2D eigenvalue weighted by Gasteiger charge is 2.08. The molecule has 0 aliphatic heterocycles. The molecule has 4 aromatic rings. The van der Waals surface area contributed by atoms with E-state index in [9.17, 15) is 4.79 Å². The van der Waals surface area contributed by atoms with Crippen LogP contribution in [0.15, 0.2) is 55.1 Å². The zero-order chi connectivity index (χ0) is 17.2. The SMILES string of the molecule is Cn1nccc1-c1ccc(CNC(=O)c2ccc3nc[nH]c3c2)cn1. The number of pyridine rings is 1. The third-order valence-corrected chi connectivity index (χ3v) is 4.04. The lowest BCUT2D eigenvalue weighted by molar-refractivity contribution is 0.0951. The van der Waals surface area contributed by atoms with Crippen molar-refractivity contribution < 1.29 is 4.79 Å². The van der Waals surface area contributed by atoms with Crippen LogP contribution in [0.2, 0.25) is 0 Å². The van der Waals surface area contributed by atoms with Crippen LogP contribution in [0.4, 0.5) is 0 Å². The molecule has 2 N–H and O–H groups in total. The average Bonchev–Trinajstić information content (AvgIpc) is 3.28. The molecule has 124 valence electrons. The fourth-order valence-electron chi connectivity index (χ4n) is 2.67. The van der Waals surface area contributed by atoms with Gasteiger partial charge in [-0.2, -0.15) is 5.10 Å². The summed E-state index contributed by atoms with van der Waals surface area (Å²) in [5.41, 5.74) is 5.00. The first-order chi connectivity index (χ1) is 12.2. The first-order valence-corrected chi connectivity index (χ1v) is 7.85. The van der Waals surface area contributed by atoms with Crippen molar-refractivity contribution in [1.82, 2.24) is 30.0 Å². The van der Waals surface area contributed by atoms with Crippen LogP contribution in [0.25, 0.3) is 22.4 Å². The lowest BCUT2D eigenvalue weighted by Crippen LogP contribution is -2.22. The summed E-state index contributed by atoms with van der Waals surface area (Å²) < 4.78 is 1.77. The van der Waals surface area contributed by atoms with E-state index in [1.807, 2.05) is 31.3 Å². The quantitative estimate of drug-likeness (QED) is 0.600. The second kappa shape index (κ2) is 6.20. The third kappa shape index (κ3) is 2.99. The maximum absolute atomic E-state index is 12.3. The number of aryl methyl sites for hydroxylation is 1. The Bertz CT molecular complexity index is 1030. The number of fused-ring (bicyclic) bond motifs is 1. The van der Waals surface area contributed by atoms with Crippen molar-refractivity contribution in [1.29, 1.82) is 0 Å². The van der Waals surface area contributed by atoms with Crippen molar-refractivity contribution in [2.45, 2.75) is 6.54 Å². The van der Waals surface area contributed by atoms with Gasteiger partial charge in [-0.1, -0.05) is 6.07 Å². The number of H-pyrrole nitrogens is 1. The number of amides is 1. The molecule has 0 aliphatic rings. The minimum absolute atomic E-state index is 0.132. The van der Waals surface area contributed by atoms with Crippen molar-refractivity contribution in [2.24, 2.45) is 7.05 Å². The van der Waals surface area contributed by atoms with Crippen LogP contribution >= 0.6 is 0 Å². The van der Waals surface area contributed by atoms with Crippen LogP contribution in [0, 0.1) is 0 Å². The highest BCUT2D eigenvalue weighted by molar-refractivity contribution is 5.97. The van der Waals surface area contributed by atoms with Crippen LogP contribution in [-0.2, 0) is 13.6 Å². The smallest absolute Gasteiger partial charge is 0.251 e. The van der Waals surface area contributed by atoms with Gasteiger partial charge in [0.15, 0.2) is 0 Å². The number of nitrogens with one attached hydrogen (secondary N) is 2. The Balaban J connectivity index is 1.44. The van der Waals surface area contributed by atoms with E-state index in [4.69, 9.17) is 0 Å². The van der Waals surface area contributed by atoms with Crippen LogP contribution in [0.1, 0.15) is 15.9 Å². The van der Waals surface area contributed by atoms with Gasteiger partial charge in [0.05, 0.1) is 28.7 Å². The van der Waals surface area contributed by atoms with Crippen molar-refractivity contribution in [3.05, 3.63) is 66.2 Å². The monoisotopic (exact) mass is 332 g/mol. The summed E-state index contributed by atoms with van der Waals surface area (Å²) >= 11 is 0. The standard InChI is InChI=1S/C18H16N6O/c1-24-17(6-7-23-24)15-4-2-12(9-19-15)10-20-18(25)13-3-5-14-16(8-13)22-11-21-14/h2-9,11H,10H2,1H3,(H,20,25)(H,21,22). The Morgan fingerprint density at radius 2 is 2.12 bits per heavy atom. The molecule has 0 radical (unpaired) electrons. The van der Waals surface area contributed by atoms with E-state index < -0.39 is 0 Å². The van der Waals surface area contributed by atoms with Gasteiger partial charge in [-0.3, -0.25) is 14.5 Å². The number of carbonyl (C=O) groups is 1. The molecule has 0 spiro atoms. The van der Waals surface area contributed by atoms with E-state index in [2.05, 4.69) is 25.4 Å². The Kier molecular flexibility index (Phi) is 3.74. The summed E-state index contributed by atoms with van der Waals surface area (Å²) in [6, 6.07) is 11.2. The lowest BCUT2D eigenvalue weighted by atomic mass is 10.1. The summed E-state index contributed by atoms with van der Waals surface area (Å²) in [6.45, 7) is 0.415. The van der Waals surface area contributed by atoms with E-state index in [0.29, 0.717) is 12.1 Å². The van der Waals surface area contributed by atoms with E-state index in [1.165, 1.54) is 0 Å². The molecule has 0 fully saturated rings. The number of aromatic nitrogens is 5. The molecule has 4 rings (SSSR count). The number of aromatic amines is 1. The van der Waals surface area contributed by atoms with Gasteiger partial charge in [-0.05, 0) is 35.9 Å². The van der Waals surface area contributed by atoms with Gasteiger partial charge in [0.1, 0.15) is 0 Å². The molecular weight excluding hydrogens is 316 g/mol. The number of benzene rings is 1. The van der Waals surface area contributed by atoms with Gasteiger partial charge in [-0.25, -0.2) is 4.98 Å². The first-order valence-electron chi connectivity index (χ1n) is 7.85. The minimum Gasteiger partial charge on any atom is -0.348 e. The van der Waals surface area contributed by atoms with Crippen molar-refractivity contribution >= 4 is 16.9 Å². The predicted molar refractivity (Wildman–Crippen MR) is 93.7 cm³/mol.